The summed E-state index contributed by atoms with van der Waals surface area (Å²) >= 11 is 12.2. The number of nitrogens with one attached hydrogen (secondary N) is 2. The number of fused-ring (bicyclic) bond motifs is 4. The van der Waals surface area contributed by atoms with E-state index in [0.29, 0.717) is 29.7 Å². The van der Waals surface area contributed by atoms with Gasteiger partial charge in [0.1, 0.15) is 30.1 Å². The second kappa shape index (κ2) is 31.0. The van der Waals surface area contributed by atoms with Crippen molar-refractivity contribution in [2.45, 2.75) is 211 Å². The average Bonchev–Trinajstić information content (AvgIpc) is 0.767. The molecule has 91 heavy (non-hydrogen) atoms. The quantitative estimate of drug-likeness (QED) is 0.0306. The molecule has 2 bridgehead atoms. The zero-order chi connectivity index (χ0) is 66.4. The Hall–Kier alpha value is -4.43. The van der Waals surface area contributed by atoms with Crippen molar-refractivity contribution in [3.05, 3.63) is 100 Å². The van der Waals surface area contributed by atoms with Crippen LogP contribution in [0.25, 0.3) is 28.1 Å². The van der Waals surface area contributed by atoms with Crippen molar-refractivity contribution in [2.24, 2.45) is 28.7 Å². The number of likely N-dealkylation sites (N-methyl/N-ethyl adjacent to an activating group) is 1. The predicted octanol–water partition coefficient (Wildman–Crippen LogP) is 9.69. The van der Waals surface area contributed by atoms with Gasteiger partial charge in [0.25, 0.3) is 0 Å². The number of para-hydroxylation sites is 2. The number of carbonyl (C=O) groups excluding carboxylic acids is 1. The van der Waals surface area contributed by atoms with E-state index in [9.17, 15) is 25.2 Å². The summed E-state index contributed by atoms with van der Waals surface area (Å²) in [7, 11) is 6.90. The minimum absolute atomic E-state index is 0.130. The molecular formula is C69H100Cl2N6O14. The lowest BCUT2D eigenvalue weighted by atomic mass is 9.71. The van der Waals surface area contributed by atoms with Crippen LogP contribution in [0.5, 0.6) is 0 Å². The lowest BCUT2D eigenvalue weighted by molar-refractivity contribution is -0.318. The van der Waals surface area contributed by atoms with Crippen LogP contribution >= 0.6 is 23.2 Å². The molecule has 4 saturated heterocycles. The number of hydrogen-bond donors (Lipinski definition) is 6. The maximum Gasteiger partial charge on any atom is 0.311 e. The Labute approximate surface area is 547 Å². The normalized spacial score (nSPS) is 35.4. The van der Waals surface area contributed by atoms with Gasteiger partial charge in [0.2, 0.25) is 0 Å². The molecule has 0 spiro atoms. The summed E-state index contributed by atoms with van der Waals surface area (Å²) in [6.45, 7) is 23.2. The van der Waals surface area contributed by atoms with Crippen molar-refractivity contribution in [3.8, 4) is 17.1 Å². The largest absolute Gasteiger partial charge is 0.459 e. The molecule has 0 saturated carbocycles. The molecule has 10 unspecified atom stereocenters. The molecule has 6 N–H and O–H groups in total. The highest BCUT2D eigenvalue weighted by Gasteiger charge is 2.56. The van der Waals surface area contributed by atoms with Crippen LogP contribution in [0.2, 0.25) is 10.0 Å². The lowest BCUT2D eigenvalue weighted by Gasteiger charge is -2.52. The number of nitrogens with zero attached hydrogens (tertiary/aromatic N) is 4. The molecule has 3 aromatic carbocycles. The molecular weight excluding hydrogens is 1210 g/mol. The van der Waals surface area contributed by atoms with Crippen LogP contribution in [0.15, 0.2) is 89.9 Å². The number of ether oxygens (including phenoxy) is 9. The number of esters is 1. The van der Waals surface area contributed by atoms with Crippen molar-refractivity contribution in [1.82, 2.24) is 19.8 Å². The van der Waals surface area contributed by atoms with E-state index in [0.717, 1.165) is 44.8 Å². The van der Waals surface area contributed by atoms with E-state index in [-0.39, 0.29) is 61.9 Å². The van der Waals surface area contributed by atoms with Gasteiger partial charge in [-0.1, -0.05) is 63.0 Å². The van der Waals surface area contributed by atoms with E-state index in [2.05, 4.69) is 47.2 Å². The lowest BCUT2D eigenvalue weighted by Crippen LogP contribution is -2.67. The number of carbonyl (C=O) groups is 1. The Morgan fingerprint density at radius 1 is 0.868 bits per heavy atom. The van der Waals surface area contributed by atoms with Crippen LogP contribution < -0.4 is 16.0 Å². The first-order valence-electron chi connectivity index (χ1n) is 32.1. The summed E-state index contributed by atoms with van der Waals surface area (Å²) in [5.41, 5.74) is 2.32. The number of halogens is 2. The van der Waals surface area contributed by atoms with E-state index >= 15 is 0 Å². The minimum Gasteiger partial charge on any atom is -0.459 e. The maximum absolute atomic E-state index is 14.5. The summed E-state index contributed by atoms with van der Waals surface area (Å²) in [4.78, 5) is 26.3. The van der Waals surface area contributed by atoms with Gasteiger partial charge < -0.3 is 77.8 Å². The number of cyclic esters (lactones) is 1. The number of benzene rings is 4. The van der Waals surface area contributed by atoms with Crippen LogP contribution in [0, 0.1) is 23.7 Å². The molecule has 3 aromatic rings. The first kappa shape index (κ1) is 72.4. The molecule has 5 heterocycles. The zero-order valence-electron chi connectivity index (χ0n) is 55.8. The molecule has 1 aliphatic carbocycles. The van der Waals surface area contributed by atoms with Crippen molar-refractivity contribution in [1.29, 1.82) is 0 Å². The van der Waals surface area contributed by atoms with Crippen LogP contribution in [0.3, 0.4) is 0 Å². The Bertz CT molecular complexity index is 3190. The number of methoxy groups -OCH3 is 2. The number of aliphatic hydroxyl groups excluding tert-OH is 2. The first-order valence-corrected chi connectivity index (χ1v) is 32.9. The molecule has 4 fully saturated rings. The summed E-state index contributed by atoms with van der Waals surface area (Å²) in [5, 5.41) is 57.3. The highest BCUT2D eigenvalue weighted by atomic mass is 35.5. The average molecular weight is 1310 g/mol. The Morgan fingerprint density at radius 2 is 1.54 bits per heavy atom. The Kier molecular flexibility index (Phi) is 24.6. The van der Waals surface area contributed by atoms with Crippen molar-refractivity contribution in [2.75, 3.05) is 53.5 Å². The minimum atomic E-state index is -1.64. The van der Waals surface area contributed by atoms with E-state index in [4.69, 9.17) is 75.8 Å². The Balaban J connectivity index is 0.000000271. The maximum atomic E-state index is 14.5. The molecule has 22 heteroatoms. The number of rotatable bonds is 16. The topological polar surface area (TPSA) is 239 Å². The Morgan fingerprint density at radius 3 is 2.18 bits per heavy atom. The summed E-state index contributed by atoms with van der Waals surface area (Å²) in [6, 6.07) is 27.3. The highest BCUT2D eigenvalue weighted by Crippen LogP contribution is 2.43. The third-order valence-electron chi connectivity index (χ3n) is 18.8. The molecule has 5 aliphatic heterocycles. The molecule has 504 valence electrons. The van der Waals surface area contributed by atoms with Crippen molar-refractivity contribution < 1.29 is 67.9 Å². The SMILES string of the molecule is CC(C)N=c1cc2n(-c3ccc(Cl)cc3)c3ccccc3nc-2cc1Nc1ccc(Cl)cc1.CC[C@H]1OC(=O)[C@H](C)[C@@H](OC2CC(C)(OC)C(O)C(C)O2)C(C)[C@@H](OC2OC(C)CC(N(C)C)C2O)[C@](C)(O)C[C@@H](C)[C@@H]2N[C@@H](COCCOC)OC([C@H]2C)[C@]1(C)O. The second-order valence-corrected chi connectivity index (χ2v) is 27.6. The third-order valence-corrected chi connectivity index (χ3v) is 19.3. The molecule has 9 rings (SSSR count). The van der Waals surface area contributed by atoms with Gasteiger partial charge in [0.15, 0.2) is 12.6 Å². The number of aliphatic hydroxyl groups is 4. The van der Waals surface area contributed by atoms with Crippen molar-refractivity contribution in [3.63, 3.8) is 0 Å². The summed E-state index contributed by atoms with van der Waals surface area (Å²) < 4.78 is 57.9. The fraction of sp³-hybridized carbons (Fsp3) is 0.638. The van der Waals surface area contributed by atoms with Gasteiger partial charge in [-0.15, -0.1) is 0 Å². The van der Waals surface area contributed by atoms with Gasteiger partial charge in [-0.25, -0.2) is 4.98 Å². The van der Waals surface area contributed by atoms with Crippen LogP contribution in [-0.2, 0) is 47.4 Å². The number of aromatic nitrogens is 2. The van der Waals surface area contributed by atoms with Crippen molar-refractivity contribution >= 4 is 51.6 Å². The molecule has 0 radical (unpaired) electrons. The molecule has 0 amide bonds. The standard InChI is InChI=1S/C42H78N2O14.C27H22Cl2N4/c1-15-29-42(10,49)37-24(4)32(43-30(56-37)21-52-17-16-50-13)22(2)19-40(8,48)36(58-39-33(45)28(44(11)12)18-23(3)53-39)25(5)34(26(6)38(47)55-29)57-31-20-41(9,51-14)35(46)27(7)54-31;1-17(2)30-24-16-27-25(15-23(24)31-20-11-7-18(28)8-12-20)32-22-5-3-4-6-26(22)33(27)21-13-9-19(29)10-14-21/h22-37,39,43,45-46,48-49H,15-21H2,1-14H3;3-17,31H,1-2H3/t22-,23?,24+,25?,26-,27?,28?,29-,30-,31?,32+,33?,34+,35?,36-,37?,39?,40-,41?,42-;/m1./s1. The second-order valence-electron chi connectivity index (χ2n) is 26.7. The number of hydrogen-bond acceptors (Lipinski definition) is 19. The van der Waals surface area contributed by atoms with Crippen LogP contribution in [0.1, 0.15) is 109 Å². The summed E-state index contributed by atoms with van der Waals surface area (Å²) in [5.74, 6) is -2.95. The molecule has 20 nitrogen and oxygen atoms in total. The molecule has 6 aliphatic rings. The fourth-order valence-corrected chi connectivity index (χ4v) is 14.2. The van der Waals surface area contributed by atoms with Gasteiger partial charge >= 0.3 is 5.97 Å². The van der Waals surface area contributed by atoms with Crippen LogP contribution in [-0.4, -0.2) is 192 Å². The van der Waals surface area contributed by atoms with E-state index in [1.807, 2.05) is 120 Å². The van der Waals surface area contributed by atoms with Crippen LogP contribution in [0.4, 0.5) is 11.4 Å². The fourth-order valence-electron chi connectivity index (χ4n) is 13.9. The smallest absolute Gasteiger partial charge is 0.311 e. The van der Waals surface area contributed by atoms with E-state index in [1.54, 1.807) is 41.7 Å². The monoisotopic (exact) mass is 1310 g/mol. The third kappa shape index (κ3) is 17.0. The van der Waals surface area contributed by atoms with Gasteiger partial charge in [0, 0.05) is 72.0 Å². The van der Waals surface area contributed by atoms with E-state index in [1.165, 1.54) is 7.11 Å². The predicted molar refractivity (Wildman–Crippen MR) is 352 cm³/mol. The first-order chi connectivity index (χ1) is 43.0. The number of anilines is 2. The van der Waals surface area contributed by atoms with Gasteiger partial charge in [-0.3, -0.25) is 15.1 Å². The highest BCUT2D eigenvalue weighted by molar-refractivity contribution is 6.30. The van der Waals surface area contributed by atoms with Gasteiger partial charge in [-0.05, 0) is 167 Å². The summed E-state index contributed by atoms with van der Waals surface area (Å²) in [6.07, 6.45) is -8.29. The molecule has 0 aromatic heterocycles. The molecule has 20 atom stereocenters. The van der Waals surface area contributed by atoms with Gasteiger partial charge in [0.05, 0.1) is 101 Å². The zero-order valence-corrected chi connectivity index (χ0v) is 57.4. The van der Waals surface area contributed by atoms with E-state index < -0.39 is 96.1 Å². The van der Waals surface area contributed by atoms with Gasteiger partial charge in [-0.2, -0.15) is 0 Å².